The molecule has 0 aliphatic carbocycles. The maximum absolute atomic E-state index is 13.0. The molecule has 2 aromatic carbocycles. The highest BCUT2D eigenvalue weighted by Gasteiger charge is 2.20. The van der Waals surface area contributed by atoms with Gasteiger partial charge in [-0.25, -0.2) is 14.0 Å². The highest BCUT2D eigenvalue weighted by molar-refractivity contribution is 6.00. The minimum atomic E-state index is -0.341. The normalized spacial score (nSPS) is 14.5. The van der Waals surface area contributed by atoms with Crippen molar-refractivity contribution in [2.75, 3.05) is 36.8 Å². The fourth-order valence-corrected chi connectivity index (χ4v) is 4.09. The number of halogens is 1. The summed E-state index contributed by atoms with van der Waals surface area (Å²) in [5.74, 6) is -0.341. The highest BCUT2D eigenvalue weighted by Crippen LogP contribution is 2.22. The van der Waals surface area contributed by atoms with E-state index in [1.807, 2.05) is 37.3 Å². The molecule has 8 nitrogen and oxygen atoms in total. The van der Waals surface area contributed by atoms with E-state index in [1.54, 1.807) is 0 Å². The van der Waals surface area contributed by atoms with E-state index in [1.165, 1.54) is 24.3 Å². The van der Waals surface area contributed by atoms with Crippen LogP contribution in [0.15, 0.2) is 54.6 Å². The fourth-order valence-electron chi connectivity index (χ4n) is 4.09. The van der Waals surface area contributed by atoms with Crippen LogP contribution in [0.25, 0.3) is 10.9 Å². The molecular weight excluding hydrogens is 435 g/mol. The third-order valence-corrected chi connectivity index (χ3v) is 5.83. The van der Waals surface area contributed by atoms with E-state index < -0.39 is 0 Å². The minimum Gasteiger partial charge on any atom is -0.337 e. The van der Waals surface area contributed by atoms with Gasteiger partial charge >= 0.3 is 12.1 Å². The molecule has 0 saturated carbocycles. The second-order valence-corrected chi connectivity index (χ2v) is 8.43. The Kier molecular flexibility index (Phi) is 7.54. The Labute approximate surface area is 197 Å². The van der Waals surface area contributed by atoms with Gasteiger partial charge in [-0.2, -0.15) is 0 Å². The van der Waals surface area contributed by atoms with Crippen LogP contribution in [0.2, 0.25) is 0 Å². The zero-order valence-corrected chi connectivity index (χ0v) is 19.1. The molecule has 0 unspecified atom stereocenters. The number of pyridine rings is 1. The van der Waals surface area contributed by atoms with Gasteiger partial charge in [0.05, 0.1) is 11.2 Å². The molecule has 4 amide bonds. The number of nitrogens with zero attached hydrogens (tertiary/aromatic N) is 2. The number of hydrogen-bond donors (Lipinski definition) is 4. The summed E-state index contributed by atoms with van der Waals surface area (Å²) in [4.78, 5) is 31.3. The summed E-state index contributed by atoms with van der Waals surface area (Å²) in [7, 11) is 0. The van der Waals surface area contributed by atoms with Crippen LogP contribution < -0.4 is 21.3 Å². The molecule has 1 saturated heterocycles. The summed E-state index contributed by atoms with van der Waals surface area (Å²) in [6, 6.07) is 14.8. The van der Waals surface area contributed by atoms with Crippen LogP contribution in [0.1, 0.15) is 18.5 Å². The number of likely N-dealkylation sites (tertiary alicyclic amines) is 1. The van der Waals surface area contributed by atoms with Crippen molar-refractivity contribution in [3.8, 4) is 0 Å². The molecule has 3 aromatic rings. The Bertz CT molecular complexity index is 1150. The molecule has 0 spiro atoms. The van der Waals surface area contributed by atoms with E-state index in [0.29, 0.717) is 12.2 Å². The van der Waals surface area contributed by atoms with Gasteiger partial charge in [0.15, 0.2) is 0 Å². The molecule has 34 heavy (non-hydrogen) atoms. The number of carbonyl (C=O) groups excluding carboxylic acids is 2. The number of anilines is 2. The van der Waals surface area contributed by atoms with E-state index in [-0.39, 0.29) is 23.9 Å². The molecule has 0 bridgehead atoms. The maximum Gasteiger partial charge on any atom is 0.319 e. The Morgan fingerprint density at radius 3 is 2.53 bits per heavy atom. The number of aromatic nitrogens is 1. The van der Waals surface area contributed by atoms with Crippen molar-refractivity contribution in [2.45, 2.75) is 25.8 Å². The van der Waals surface area contributed by atoms with Gasteiger partial charge in [-0.05, 0) is 56.2 Å². The van der Waals surface area contributed by atoms with Crippen molar-refractivity contribution >= 4 is 34.3 Å². The number of amides is 4. The van der Waals surface area contributed by atoms with Crippen LogP contribution in [0.3, 0.4) is 0 Å². The SMILES string of the molecule is Cc1cc(NC(=O)NCCN2CCC(NC(=O)Nc3ccc(F)cc3)CC2)c2ccccc2n1. The number of hydrogen-bond acceptors (Lipinski definition) is 4. The minimum absolute atomic E-state index is 0.0798. The van der Waals surface area contributed by atoms with E-state index in [9.17, 15) is 14.0 Å². The number of nitrogens with one attached hydrogen (secondary N) is 4. The number of para-hydroxylation sites is 1. The molecule has 9 heteroatoms. The van der Waals surface area contributed by atoms with Crippen LogP contribution in [0, 0.1) is 12.7 Å². The average Bonchev–Trinajstić information content (AvgIpc) is 2.81. The van der Waals surface area contributed by atoms with E-state index in [0.717, 1.165) is 54.8 Å². The molecule has 1 fully saturated rings. The number of piperidine rings is 1. The maximum atomic E-state index is 13.0. The summed E-state index contributed by atoms with van der Waals surface area (Å²) < 4.78 is 13.0. The van der Waals surface area contributed by atoms with Gasteiger partial charge in [-0.1, -0.05) is 18.2 Å². The number of aryl methyl sites for hydroxylation is 1. The number of urea groups is 2. The molecule has 4 N–H and O–H groups in total. The van der Waals surface area contributed by atoms with Gasteiger partial charge in [0.25, 0.3) is 0 Å². The monoisotopic (exact) mass is 464 g/mol. The van der Waals surface area contributed by atoms with Gasteiger partial charge < -0.3 is 26.2 Å². The molecule has 0 radical (unpaired) electrons. The standard InChI is InChI=1S/C25H29FN6O2/c1-17-16-23(21-4-2-3-5-22(21)28-17)31-24(33)27-12-15-32-13-10-20(11-14-32)30-25(34)29-19-8-6-18(26)7-9-19/h2-9,16,20H,10-15H2,1H3,(H2,29,30,34)(H2,27,28,31,33). The third kappa shape index (κ3) is 6.41. The molecule has 4 rings (SSSR count). The van der Waals surface area contributed by atoms with Crippen LogP contribution >= 0.6 is 0 Å². The van der Waals surface area contributed by atoms with Gasteiger partial charge in [-0.3, -0.25) is 4.98 Å². The molecular formula is C25H29FN6O2. The van der Waals surface area contributed by atoms with Crippen molar-refractivity contribution in [3.05, 3.63) is 66.1 Å². The molecule has 178 valence electrons. The van der Waals surface area contributed by atoms with E-state index in [4.69, 9.17) is 0 Å². The fraction of sp³-hybridized carbons (Fsp3) is 0.320. The van der Waals surface area contributed by atoms with E-state index >= 15 is 0 Å². The predicted octanol–water partition coefficient (Wildman–Crippen LogP) is 4.09. The zero-order valence-electron chi connectivity index (χ0n) is 19.1. The summed E-state index contributed by atoms with van der Waals surface area (Å²) in [6.07, 6.45) is 1.65. The lowest BCUT2D eigenvalue weighted by Crippen LogP contribution is -2.47. The van der Waals surface area contributed by atoms with Gasteiger partial charge in [0, 0.05) is 49.0 Å². The number of fused-ring (bicyclic) bond motifs is 1. The quantitative estimate of drug-likeness (QED) is 0.442. The van der Waals surface area contributed by atoms with Crippen molar-refractivity contribution in [2.24, 2.45) is 0 Å². The van der Waals surface area contributed by atoms with Crippen molar-refractivity contribution in [1.29, 1.82) is 0 Å². The van der Waals surface area contributed by atoms with Crippen LogP contribution in [-0.4, -0.2) is 54.2 Å². The second-order valence-electron chi connectivity index (χ2n) is 8.43. The predicted molar refractivity (Wildman–Crippen MR) is 132 cm³/mol. The first-order valence-electron chi connectivity index (χ1n) is 11.4. The zero-order chi connectivity index (χ0) is 23.9. The molecule has 1 aliphatic rings. The number of benzene rings is 2. The summed E-state index contributed by atoms with van der Waals surface area (Å²) >= 11 is 0. The van der Waals surface area contributed by atoms with Crippen molar-refractivity contribution in [1.82, 2.24) is 20.5 Å². The third-order valence-electron chi connectivity index (χ3n) is 5.83. The lowest BCUT2D eigenvalue weighted by molar-refractivity contribution is 0.196. The van der Waals surface area contributed by atoms with Gasteiger partial charge in [0.2, 0.25) is 0 Å². The first-order chi connectivity index (χ1) is 16.5. The van der Waals surface area contributed by atoms with Crippen LogP contribution in [0.4, 0.5) is 25.4 Å². The average molecular weight is 465 g/mol. The summed E-state index contributed by atoms with van der Waals surface area (Å²) in [5.41, 5.74) is 2.99. The molecule has 0 atom stereocenters. The first kappa shape index (κ1) is 23.4. The largest absolute Gasteiger partial charge is 0.337 e. The lowest BCUT2D eigenvalue weighted by Gasteiger charge is -2.32. The Morgan fingerprint density at radius 1 is 1.03 bits per heavy atom. The van der Waals surface area contributed by atoms with Crippen LogP contribution in [-0.2, 0) is 0 Å². The smallest absolute Gasteiger partial charge is 0.319 e. The first-order valence-corrected chi connectivity index (χ1v) is 11.4. The van der Waals surface area contributed by atoms with Gasteiger partial charge in [-0.15, -0.1) is 0 Å². The second kappa shape index (κ2) is 10.9. The lowest BCUT2D eigenvalue weighted by atomic mass is 10.1. The topological polar surface area (TPSA) is 98.4 Å². The van der Waals surface area contributed by atoms with Crippen LogP contribution in [0.5, 0.6) is 0 Å². The highest BCUT2D eigenvalue weighted by atomic mass is 19.1. The number of carbonyl (C=O) groups is 2. The van der Waals surface area contributed by atoms with Gasteiger partial charge in [0.1, 0.15) is 5.82 Å². The number of rotatable bonds is 6. The molecule has 1 aliphatic heterocycles. The van der Waals surface area contributed by atoms with Crippen molar-refractivity contribution in [3.63, 3.8) is 0 Å². The molecule has 2 heterocycles. The Balaban J connectivity index is 1.16. The summed E-state index contributed by atoms with van der Waals surface area (Å²) in [5, 5.41) is 12.4. The molecule has 1 aromatic heterocycles. The summed E-state index contributed by atoms with van der Waals surface area (Å²) in [6.45, 7) is 4.83. The van der Waals surface area contributed by atoms with Crippen molar-refractivity contribution < 1.29 is 14.0 Å². The Morgan fingerprint density at radius 2 is 1.76 bits per heavy atom. The Hall–Kier alpha value is -3.72. The van der Waals surface area contributed by atoms with E-state index in [2.05, 4.69) is 31.2 Å².